The van der Waals surface area contributed by atoms with Gasteiger partial charge < -0.3 is 10.2 Å². The summed E-state index contributed by atoms with van der Waals surface area (Å²) < 4.78 is 0. The van der Waals surface area contributed by atoms with Gasteiger partial charge in [0.05, 0.1) is 6.04 Å². The van der Waals surface area contributed by atoms with Gasteiger partial charge in [0.25, 0.3) is 0 Å². The fraction of sp³-hybridized carbons (Fsp3) is 0.533. The second-order valence-corrected chi connectivity index (χ2v) is 5.03. The van der Waals surface area contributed by atoms with Crippen molar-refractivity contribution in [2.75, 3.05) is 18.0 Å². The van der Waals surface area contributed by atoms with E-state index in [4.69, 9.17) is 0 Å². The zero-order chi connectivity index (χ0) is 13.1. The molecule has 2 rings (SSSR count). The lowest BCUT2D eigenvalue weighted by atomic mass is 10.0. The van der Waals surface area contributed by atoms with Gasteiger partial charge in [0.2, 0.25) is 5.91 Å². The minimum atomic E-state index is -0.00977. The maximum absolute atomic E-state index is 12.4. The zero-order valence-electron chi connectivity index (χ0n) is 11.5. The smallest absolute Gasteiger partial charge is 0.244 e. The van der Waals surface area contributed by atoms with Gasteiger partial charge in [0, 0.05) is 12.2 Å². The summed E-state index contributed by atoms with van der Waals surface area (Å²) in [5.74, 6) is 0.218. The van der Waals surface area contributed by atoms with Crippen LogP contribution in [0.5, 0.6) is 0 Å². The lowest BCUT2D eigenvalue weighted by Crippen LogP contribution is -2.51. The Kier molecular flexibility index (Phi) is 4.02. The van der Waals surface area contributed by atoms with E-state index in [1.807, 2.05) is 11.8 Å². The Morgan fingerprint density at radius 3 is 2.83 bits per heavy atom. The molecule has 1 amide bonds. The van der Waals surface area contributed by atoms with Gasteiger partial charge in [-0.05, 0) is 44.9 Å². The Morgan fingerprint density at radius 1 is 1.39 bits per heavy atom. The van der Waals surface area contributed by atoms with Crippen molar-refractivity contribution < 1.29 is 4.79 Å². The van der Waals surface area contributed by atoms with Gasteiger partial charge in [0.1, 0.15) is 0 Å². The Morgan fingerprint density at radius 2 is 2.17 bits per heavy atom. The quantitative estimate of drug-likeness (QED) is 0.888. The second-order valence-electron chi connectivity index (χ2n) is 5.03. The van der Waals surface area contributed by atoms with Crippen LogP contribution in [0.1, 0.15) is 30.9 Å². The molecule has 1 aliphatic rings. The highest BCUT2D eigenvalue weighted by atomic mass is 16.2. The van der Waals surface area contributed by atoms with Crippen molar-refractivity contribution in [1.29, 1.82) is 0 Å². The molecular formula is C15H22N2O. The van der Waals surface area contributed by atoms with E-state index in [2.05, 4.69) is 37.4 Å². The van der Waals surface area contributed by atoms with Crippen molar-refractivity contribution >= 4 is 11.6 Å². The summed E-state index contributed by atoms with van der Waals surface area (Å²) in [6.07, 6.45) is 2.02. The molecular weight excluding hydrogens is 224 g/mol. The van der Waals surface area contributed by atoms with Crippen LogP contribution < -0.4 is 10.2 Å². The Hall–Kier alpha value is -1.35. The number of likely N-dealkylation sites (N-methyl/N-ethyl adjacent to an activating group) is 1. The molecule has 1 aromatic rings. The highest BCUT2D eigenvalue weighted by molar-refractivity contribution is 5.98. The average molecular weight is 246 g/mol. The van der Waals surface area contributed by atoms with Crippen LogP contribution in [0.4, 0.5) is 5.69 Å². The Labute approximate surface area is 109 Å². The first-order valence-electron chi connectivity index (χ1n) is 6.75. The van der Waals surface area contributed by atoms with Crippen LogP contribution in [0.25, 0.3) is 0 Å². The lowest BCUT2D eigenvalue weighted by molar-refractivity contribution is -0.121. The summed E-state index contributed by atoms with van der Waals surface area (Å²) in [4.78, 5) is 14.4. The number of piperidine rings is 1. The van der Waals surface area contributed by atoms with Crippen LogP contribution in [-0.2, 0) is 4.79 Å². The molecule has 1 unspecified atom stereocenters. The minimum absolute atomic E-state index is 0.00977. The number of hydrogen-bond donors (Lipinski definition) is 1. The summed E-state index contributed by atoms with van der Waals surface area (Å²) in [5.41, 5.74) is 3.48. The lowest BCUT2D eigenvalue weighted by Gasteiger charge is -2.33. The molecule has 18 heavy (non-hydrogen) atoms. The highest BCUT2D eigenvalue weighted by Gasteiger charge is 2.29. The van der Waals surface area contributed by atoms with Crippen molar-refractivity contribution in [3.8, 4) is 0 Å². The summed E-state index contributed by atoms with van der Waals surface area (Å²) in [7, 11) is 0. The Balaban J connectivity index is 2.24. The molecule has 1 aromatic carbocycles. The zero-order valence-corrected chi connectivity index (χ0v) is 11.5. The van der Waals surface area contributed by atoms with E-state index in [0.717, 1.165) is 31.6 Å². The van der Waals surface area contributed by atoms with E-state index in [-0.39, 0.29) is 11.9 Å². The molecule has 1 fully saturated rings. The average Bonchev–Trinajstić information content (AvgIpc) is 2.33. The second kappa shape index (κ2) is 5.53. The van der Waals surface area contributed by atoms with Crippen molar-refractivity contribution in [3.05, 3.63) is 29.3 Å². The van der Waals surface area contributed by atoms with Crippen LogP contribution in [-0.4, -0.2) is 25.0 Å². The fourth-order valence-electron chi connectivity index (χ4n) is 2.66. The number of rotatable bonds is 3. The van der Waals surface area contributed by atoms with Crippen molar-refractivity contribution in [3.63, 3.8) is 0 Å². The summed E-state index contributed by atoms with van der Waals surface area (Å²) in [6, 6.07) is 6.27. The predicted octanol–water partition coefficient (Wildman–Crippen LogP) is 2.41. The molecule has 3 nitrogen and oxygen atoms in total. The molecule has 1 heterocycles. The third kappa shape index (κ3) is 2.56. The standard InChI is InChI=1S/C15H22N2O/c1-4-16-13-6-5-9-17(15(13)18)14-8-7-11(2)10-12(14)3/h7-8,10,13,16H,4-6,9H2,1-3H3. The molecule has 1 aliphatic heterocycles. The van der Waals surface area contributed by atoms with Gasteiger partial charge in [-0.3, -0.25) is 4.79 Å². The first kappa shape index (κ1) is 13.1. The van der Waals surface area contributed by atoms with E-state index < -0.39 is 0 Å². The molecule has 0 saturated carbocycles. The SMILES string of the molecule is CCNC1CCCN(c2ccc(C)cc2C)C1=O. The molecule has 0 spiro atoms. The number of carbonyl (C=O) groups is 1. The predicted molar refractivity (Wildman–Crippen MR) is 75.0 cm³/mol. The van der Waals surface area contributed by atoms with Crippen LogP contribution >= 0.6 is 0 Å². The van der Waals surface area contributed by atoms with Crippen molar-refractivity contribution in [1.82, 2.24) is 5.32 Å². The van der Waals surface area contributed by atoms with E-state index >= 15 is 0 Å². The van der Waals surface area contributed by atoms with E-state index in [0.29, 0.717) is 0 Å². The van der Waals surface area contributed by atoms with Crippen LogP contribution in [0.15, 0.2) is 18.2 Å². The number of nitrogens with zero attached hydrogens (tertiary/aromatic N) is 1. The van der Waals surface area contributed by atoms with Crippen molar-refractivity contribution in [2.24, 2.45) is 0 Å². The molecule has 0 aromatic heterocycles. The first-order valence-corrected chi connectivity index (χ1v) is 6.75. The largest absolute Gasteiger partial charge is 0.311 e. The highest BCUT2D eigenvalue weighted by Crippen LogP contribution is 2.25. The number of carbonyl (C=O) groups excluding carboxylic acids is 1. The van der Waals surface area contributed by atoms with Gasteiger partial charge in [-0.2, -0.15) is 0 Å². The number of hydrogen-bond acceptors (Lipinski definition) is 2. The molecule has 1 N–H and O–H groups in total. The van der Waals surface area contributed by atoms with E-state index in [9.17, 15) is 4.79 Å². The van der Waals surface area contributed by atoms with E-state index in [1.54, 1.807) is 0 Å². The van der Waals surface area contributed by atoms with Gasteiger partial charge in [-0.15, -0.1) is 0 Å². The normalized spacial score (nSPS) is 20.3. The van der Waals surface area contributed by atoms with Crippen molar-refractivity contribution in [2.45, 2.75) is 39.7 Å². The third-order valence-corrected chi connectivity index (χ3v) is 3.53. The molecule has 0 radical (unpaired) electrons. The number of aryl methyl sites for hydroxylation is 2. The van der Waals surface area contributed by atoms with Gasteiger partial charge in [-0.1, -0.05) is 24.6 Å². The molecule has 3 heteroatoms. The molecule has 1 saturated heterocycles. The number of nitrogens with one attached hydrogen (secondary N) is 1. The van der Waals surface area contributed by atoms with Crippen LogP contribution in [0, 0.1) is 13.8 Å². The topological polar surface area (TPSA) is 32.3 Å². The fourth-order valence-corrected chi connectivity index (χ4v) is 2.66. The minimum Gasteiger partial charge on any atom is -0.311 e. The first-order chi connectivity index (χ1) is 8.63. The monoisotopic (exact) mass is 246 g/mol. The van der Waals surface area contributed by atoms with E-state index in [1.165, 1.54) is 11.1 Å². The van der Waals surface area contributed by atoms with Gasteiger partial charge in [0.15, 0.2) is 0 Å². The van der Waals surface area contributed by atoms with Gasteiger partial charge >= 0.3 is 0 Å². The number of amides is 1. The molecule has 0 bridgehead atoms. The summed E-state index contributed by atoms with van der Waals surface area (Å²) in [5, 5.41) is 3.27. The summed E-state index contributed by atoms with van der Waals surface area (Å²) in [6.45, 7) is 7.88. The van der Waals surface area contributed by atoms with Gasteiger partial charge in [-0.25, -0.2) is 0 Å². The molecule has 0 aliphatic carbocycles. The third-order valence-electron chi connectivity index (χ3n) is 3.53. The maximum Gasteiger partial charge on any atom is 0.244 e. The van der Waals surface area contributed by atoms with Crippen LogP contribution in [0.2, 0.25) is 0 Å². The molecule has 98 valence electrons. The molecule has 1 atom stereocenters. The van der Waals surface area contributed by atoms with Crippen LogP contribution in [0.3, 0.4) is 0 Å². The maximum atomic E-state index is 12.4. The number of anilines is 1. The summed E-state index contributed by atoms with van der Waals surface area (Å²) >= 11 is 0. The Bertz CT molecular complexity index is 440. The number of benzene rings is 1.